The first kappa shape index (κ1) is 26.6. The molecule has 0 radical (unpaired) electrons. The van der Waals surface area contributed by atoms with Crippen LogP contribution in [0.4, 0.5) is 4.79 Å². The fourth-order valence-corrected chi connectivity index (χ4v) is 4.15. The number of nitrogens with one attached hydrogen (secondary N) is 2. The maximum atomic E-state index is 13.1. The molecule has 3 N–H and O–H groups in total. The predicted molar refractivity (Wildman–Crippen MR) is 125 cm³/mol. The highest BCUT2D eigenvalue weighted by Crippen LogP contribution is 2.27. The van der Waals surface area contributed by atoms with Crippen LogP contribution in [-0.2, 0) is 25.7 Å². The molecule has 8 nitrogen and oxygen atoms in total. The summed E-state index contributed by atoms with van der Waals surface area (Å²) in [5, 5.41) is 14.9. The molecule has 8 heteroatoms. The van der Waals surface area contributed by atoms with Crippen LogP contribution < -0.4 is 10.6 Å². The lowest BCUT2D eigenvalue weighted by Gasteiger charge is -2.31. The van der Waals surface area contributed by atoms with Crippen molar-refractivity contribution in [3.8, 4) is 0 Å². The van der Waals surface area contributed by atoms with Crippen molar-refractivity contribution in [1.82, 2.24) is 10.6 Å². The summed E-state index contributed by atoms with van der Waals surface area (Å²) in [7, 11) is 0. The van der Waals surface area contributed by atoms with E-state index in [1.807, 2.05) is 51.1 Å². The zero-order valence-corrected chi connectivity index (χ0v) is 20.1. The number of alkyl carbamates (subject to hydrolysis) is 1. The van der Waals surface area contributed by atoms with Gasteiger partial charge in [-0.15, -0.1) is 0 Å². The second-order valence-electron chi connectivity index (χ2n) is 9.76. The van der Waals surface area contributed by atoms with Crippen molar-refractivity contribution < 1.29 is 29.0 Å². The molecule has 1 aromatic rings. The summed E-state index contributed by atoms with van der Waals surface area (Å²) in [5.74, 6) is -1.42. The van der Waals surface area contributed by atoms with E-state index in [4.69, 9.17) is 9.47 Å². The van der Waals surface area contributed by atoms with E-state index in [0.29, 0.717) is 6.42 Å². The Labute approximate surface area is 196 Å². The Kier molecular flexibility index (Phi) is 10.2. The average Bonchev–Trinajstić information content (AvgIpc) is 2.75. The molecule has 0 bridgehead atoms. The lowest BCUT2D eigenvalue weighted by molar-refractivity contribution is -0.144. The van der Waals surface area contributed by atoms with Crippen molar-refractivity contribution in [2.24, 2.45) is 5.92 Å². The molecule has 0 heterocycles. The molecule has 2 rings (SSSR count). The van der Waals surface area contributed by atoms with Gasteiger partial charge >= 0.3 is 12.1 Å². The number of hydrogen-bond donors (Lipinski definition) is 3. The number of rotatable bonds is 10. The summed E-state index contributed by atoms with van der Waals surface area (Å²) in [5.41, 5.74) is 0.244. The summed E-state index contributed by atoms with van der Waals surface area (Å²) in [4.78, 5) is 37.4. The van der Waals surface area contributed by atoms with Gasteiger partial charge < -0.3 is 25.2 Å². The molecule has 0 aliphatic heterocycles. The Morgan fingerprint density at radius 2 is 1.70 bits per heavy atom. The maximum absolute atomic E-state index is 13.1. The Hall–Kier alpha value is -2.61. The normalized spacial score (nSPS) is 17.5. The number of benzene rings is 1. The predicted octanol–water partition coefficient (Wildman–Crippen LogP) is 4.02. The van der Waals surface area contributed by atoms with E-state index >= 15 is 0 Å². The lowest BCUT2D eigenvalue weighted by atomic mass is 9.84. The number of carbonyl (C=O) groups excluding carboxylic acids is 2. The summed E-state index contributed by atoms with van der Waals surface area (Å²) >= 11 is 0. The third-order valence-corrected chi connectivity index (χ3v) is 5.69. The number of carboxylic acids is 1. The molecule has 33 heavy (non-hydrogen) atoms. The van der Waals surface area contributed by atoms with E-state index in [0.717, 1.165) is 31.2 Å². The largest absolute Gasteiger partial charge is 0.480 e. The van der Waals surface area contributed by atoms with E-state index in [2.05, 4.69) is 10.6 Å². The fourth-order valence-electron chi connectivity index (χ4n) is 4.15. The van der Waals surface area contributed by atoms with Crippen LogP contribution in [0.1, 0.15) is 71.8 Å². The van der Waals surface area contributed by atoms with Gasteiger partial charge in [-0.1, -0.05) is 62.4 Å². The number of aliphatic carboxylic acids is 1. The minimum absolute atomic E-state index is 0.0505. The molecule has 1 saturated carbocycles. The number of hydrogen-bond acceptors (Lipinski definition) is 5. The molecular formula is C25H38N2O6. The van der Waals surface area contributed by atoms with E-state index in [1.54, 1.807) is 6.92 Å². The lowest BCUT2D eigenvalue weighted by Crippen LogP contribution is -2.57. The molecule has 1 aliphatic carbocycles. The van der Waals surface area contributed by atoms with Crippen LogP contribution in [0.5, 0.6) is 0 Å². The topological polar surface area (TPSA) is 114 Å². The average molecular weight is 463 g/mol. The monoisotopic (exact) mass is 462 g/mol. The van der Waals surface area contributed by atoms with E-state index < -0.39 is 41.8 Å². The highest BCUT2D eigenvalue weighted by molar-refractivity contribution is 5.89. The Morgan fingerprint density at radius 3 is 2.27 bits per heavy atom. The molecular weight excluding hydrogens is 424 g/mol. The molecule has 0 saturated heterocycles. The second kappa shape index (κ2) is 12.6. The Bertz CT molecular complexity index is 771. The zero-order valence-electron chi connectivity index (χ0n) is 20.1. The van der Waals surface area contributed by atoms with Gasteiger partial charge in [-0.25, -0.2) is 9.59 Å². The van der Waals surface area contributed by atoms with Crippen LogP contribution in [0.2, 0.25) is 0 Å². The van der Waals surface area contributed by atoms with Crippen molar-refractivity contribution in [2.75, 3.05) is 0 Å². The Morgan fingerprint density at radius 1 is 1.06 bits per heavy atom. The third-order valence-electron chi connectivity index (χ3n) is 5.69. The quantitative estimate of drug-likeness (QED) is 0.484. The van der Waals surface area contributed by atoms with Crippen LogP contribution in [0, 0.1) is 5.92 Å². The van der Waals surface area contributed by atoms with Gasteiger partial charge in [-0.05, 0) is 45.6 Å². The zero-order chi connectivity index (χ0) is 24.4. The van der Waals surface area contributed by atoms with Gasteiger partial charge in [0, 0.05) is 0 Å². The SMILES string of the molecule is C[C@@H](OC(C)(C)C)[C@H](NC(=O)OCc1ccccc1)C(=O)NC(CC1CCCCC1)C(=O)O. The molecule has 3 atom stereocenters. The van der Waals surface area contributed by atoms with Crippen LogP contribution in [0.25, 0.3) is 0 Å². The molecule has 184 valence electrons. The molecule has 1 fully saturated rings. The van der Waals surface area contributed by atoms with Crippen LogP contribution >= 0.6 is 0 Å². The molecule has 0 spiro atoms. The number of amides is 2. The van der Waals surface area contributed by atoms with Gasteiger partial charge in [-0.3, -0.25) is 4.79 Å². The number of ether oxygens (including phenoxy) is 2. The molecule has 1 unspecified atom stereocenters. The van der Waals surface area contributed by atoms with Crippen molar-refractivity contribution in [1.29, 1.82) is 0 Å². The first-order valence-corrected chi connectivity index (χ1v) is 11.7. The third kappa shape index (κ3) is 9.82. The highest BCUT2D eigenvalue weighted by Gasteiger charge is 2.34. The van der Waals surface area contributed by atoms with Crippen molar-refractivity contribution >= 4 is 18.0 Å². The molecule has 2 amide bonds. The molecule has 1 aromatic carbocycles. The van der Waals surface area contributed by atoms with E-state index in [9.17, 15) is 19.5 Å². The Balaban J connectivity index is 2.05. The van der Waals surface area contributed by atoms with Crippen molar-refractivity contribution in [2.45, 2.75) is 96.6 Å². The van der Waals surface area contributed by atoms with Crippen molar-refractivity contribution in [3.63, 3.8) is 0 Å². The van der Waals surface area contributed by atoms with Crippen LogP contribution in [0.3, 0.4) is 0 Å². The minimum Gasteiger partial charge on any atom is -0.480 e. The van der Waals surface area contributed by atoms with Crippen molar-refractivity contribution in [3.05, 3.63) is 35.9 Å². The standard InChI is InChI=1S/C25H38N2O6/c1-17(33-25(2,3)4)21(27-24(31)32-16-19-13-9-6-10-14-19)22(28)26-20(23(29)30)15-18-11-7-5-8-12-18/h6,9-10,13-14,17-18,20-21H,5,7-8,11-12,15-16H2,1-4H3,(H,26,28)(H,27,31)(H,29,30)/t17-,20?,21+/m1/s1. The van der Waals surface area contributed by atoms with Crippen LogP contribution in [0.15, 0.2) is 30.3 Å². The van der Waals surface area contributed by atoms with Gasteiger partial charge in [0.2, 0.25) is 5.91 Å². The van der Waals surface area contributed by atoms with Gasteiger partial charge in [0.05, 0.1) is 11.7 Å². The second-order valence-corrected chi connectivity index (χ2v) is 9.76. The fraction of sp³-hybridized carbons (Fsp3) is 0.640. The smallest absolute Gasteiger partial charge is 0.408 e. The van der Waals surface area contributed by atoms with E-state index in [-0.39, 0.29) is 12.5 Å². The summed E-state index contributed by atoms with van der Waals surface area (Å²) in [6.07, 6.45) is 4.16. The van der Waals surface area contributed by atoms with Gasteiger partial charge in [0.25, 0.3) is 0 Å². The molecule has 1 aliphatic rings. The highest BCUT2D eigenvalue weighted by atomic mass is 16.6. The van der Waals surface area contributed by atoms with Crippen LogP contribution in [-0.4, -0.2) is 46.9 Å². The molecule has 0 aromatic heterocycles. The van der Waals surface area contributed by atoms with Gasteiger partial charge in [0.1, 0.15) is 18.7 Å². The maximum Gasteiger partial charge on any atom is 0.408 e. The first-order valence-electron chi connectivity index (χ1n) is 11.7. The van der Waals surface area contributed by atoms with Gasteiger partial charge in [-0.2, -0.15) is 0 Å². The summed E-state index contributed by atoms with van der Waals surface area (Å²) in [6.45, 7) is 7.25. The first-order chi connectivity index (χ1) is 15.5. The van der Waals surface area contributed by atoms with Gasteiger partial charge in [0.15, 0.2) is 0 Å². The number of carboxylic acid groups (broad SMARTS) is 1. The summed E-state index contributed by atoms with van der Waals surface area (Å²) in [6, 6.07) is 7.06. The van der Waals surface area contributed by atoms with E-state index in [1.165, 1.54) is 6.42 Å². The summed E-state index contributed by atoms with van der Waals surface area (Å²) < 4.78 is 11.2. The number of carbonyl (C=O) groups is 3. The minimum atomic E-state index is -1.11.